The van der Waals surface area contributed by atoms with E-state index in [4.69, 9.17) is 23.2 Å². The number of hydrogen-bond acceptors (Lipinski definition) is 2. The van der Waals surface area contributed by atoms with Crippen LogP contribution in [0.2, 0.25) is 5.02 Å². The molecule has 20 heavy (non-hydrogen) atoms. The Morgan fingerprint density at radius 1 is 1.30 bits per heavy atom. The Morgan fingerprint density at radius 2 is 2.15 bits per heavy atom. The van der Waals surface area contributed by atoms with E-state index < -0.39 is 0 Å². The molecule has 1 unspecified atom stereocenters. The molecule has 3 rings (SSSR count). The highest BCUT2D eigenvalue weighted by Crippen LogP contribution is 2.27. The summed E-state index contributed by atoms with van der Waals surface area (Å²) in [4.78, 5) is 8.74. The molecule has 0 spiro atoms. The SMILES string of the molecule is CC(Cl)c1nc2cc(Cl)ccc2n1Cc1cccnc1. The third kappa shape index (κ3) is 2.51. The average Bonchev–Trinajstić information content (AvgIpc) is 2.78. The van der Waals surface area contributed by atoms with Crippen LogP contribution < -0.4 is 0 Å². The summed E-state index contributed by atoms with van der Waals surface area (Å²) in [6, 6.07) is 9.67. The number of alkyl halides is 1. The van der Waals surface area contributed by atoms with E-state index in [2.05, 4.69) is 14.5 Å². The van der Waals surface area contributed by atoms with E-state index in [0.29, 0.717) is 11.6 Å². The molecule has 0 radical (unpaired) electrons. The molecule has 0 N–H and O–H groups in total. The first-order valence-corrected chi connectivity index (χ1v) is 7.15. The van der Waals surface area contributed by atoms with Crippen molar-refractivity contribution in [3.63, 3.8) is 0 Å². The summed E-state index contributed by atoms with van der Waals surface area (Å²) < 4.78 is 2.11. The van der Waals surface area contributed by atoms with Gasteiger partial charge >= 0.3 is 0 Å². The Morgan fingerprint density at radius 3 is 2.85 bits per heavy atom. The number of pyridine rings is 1. The molecule has 0 bridgehead atoms. The minimum absolute atomic E-state index is 0.169. The van der Waals surface area contributed by atoms with Crippen LogP contribution in [0.15, 0.2) is 42.7 Å². The van der Waals surface area contributed by atoms with Crippen molar-refractivity contribution in [2.75, 3.05) is 0 Å². The van der Waals surface area contributed by atoms with Gasteiger partial charge in [0.05, 0.1) is 23.0 Å². The highest BCUT2D eigenvalue weighted by atomic mass is 35.5. The molecule has 1 aromatic carbocycles. The molecule has 0 aliphatic rings. The zero-order valence-electron chi connectivity index (χ0n) is 10.9. The van der Waals surface area contributed by atoms with Gasteiger partial charge in [-0.15, -0.1) is 11.6 Å². The topological polar surface area (TPSA) is 30.7 Å². The van der Waals surface area contributed by atoms with Gasteiger partial charge in [-0.3, -0.25) is 4.98 Å². The van der Waals surface area contributed by atoms with Gasteiger partial charge < -0.3 is 4.57 Å². The van der Waals surface area contributed by atoms with Gasteiger partial charge in [0.25, 0.3) is 0 Å². The maximum Gasteiger partial charge on any atom is 0.128 e. The summed E-state index contributed by atoms with van der Waals surface area (Å²) >= 11 is 12.3. The third-order valence-corrected chi connectivity index (χ3v) is 3.59. The molecule has 0 fully saturated rings. The van der Waals surface area contributed by atoms with Gasteiger partial charge in [-0.25, -0.2) is 4.98 Å². The Kier molecular flexibility index (Phi) is 3.64. The van der Waals surface area contributed by atoms with E-state index in [1.165, 1.54) is 0 Å². The van der Waals surface area contributed by atoms with Crippen molar-refractivity contribution in [1.29, 1.82) is 0 Å². The predicted octanol–water partition coefficient (Wildman–Crippen LogP) is 4.43. The minimum atomic E-state index is -0.169. The molecule has 2 heterocycles. The molecule has 3 aromatic rings. The molecular weight excluding hydrogens is 293 g/mol. The van der Waals surface area contributed by atoms with E-state index in [0.717, 1.165) is 22.4 Å². The molecule has 3 nitrogen and oxygen atoms in total. The van der Waals surface area contributed by atoms with Crippen LogP contribution in [-0.2, 0) is 6.54 Å². The number of hydrogen-bond donors (Lipinski definition) is 0. The van der Waals surface area contributed by atoms with Gasteiger partial charge in [0.1, 0.15) is 5.82 Å². The summed E-state index contributed by atoms with van der Waals surface area (Å²) in [6.45, 7) is 2.61. The van der Waals surface area contributed by atoms with E-state index in [1.54, 1.807) is 6.20 Å². The van der Waals surface area contributed by atoms with E-state index in [9.17, 15) is 0 Å². The Hall–Kier alpha value is -1.58. The third-order valence-electron chi connectivity index (χ3n) is 3.16. The van der Waals surface area contributed by atoms with E-state index >= 15 is 0 Å². The van der Waals surface area contributed by atoms with Crippen LogP contribution in [0.25, 0.3) is 11.0 Å². The molecule has 0 saturated carbocycles. The monoisotopic (exact) mass is 305 g/mol. The van der Waals surface area contributed by atoms with E-state index in [-0.39, 0.29) is 5.38 Å². The van der Waals surface area contributed by atoms with Crippen LogP contribution in [0.3, 0.4) is 0 Å². The fourth-order valence-electron chi connectivity index (χ4n) is 2.27. The average molecular weight is 306 g/mol. The van der Waals surface area contributed by atoms with Gasteiger partial charge in [-0.1, -0.05) is 17.7 Å². The van der Waals surface area contributed by atoms with Crippen LogP contribution >= 0.6 is 23.2 Å². The van der Waals surface area contributed by atoms with Crippen LogP contribution in [0.5, 0.6) is 0 Å². The van der Waals surface area contributed by atoms with Crippen LogP contribution in [-0.4, -0.2) is 14.5 Å². The number of rotatable bonds is 3. The predicted molar refractivity (Wildman–Crippen MR) is 82.4 cm³/mol. The number of halogens is 2. The van der Waals surface area contributed by atoms with Crippen molar-refractivity contribution in [3.05, 3.63) is 59.1 Å². The summed E-state index contributed by atoms with van der Waals surface area (Å²) in [5, 5.41) is 0.509. The quantitative estimate of drug-likeness (QED) is 0.670. The van der Waals surface area contributed by atoms with Crippen molar-refractivity contribution in [3.8, 4) is 0 Å². The first-order valence-electron chi connectivity index (χ1n) is 6.34. The van der Waals surface area contributed by atoms with Crippen molar-refractivity contribution in [2.24, 2.45) is 0 Å². The Balaban J connectivity index is 2.14. The molecule has 0 amide bonds. The number of benzene rings is 1. The molecular formula is C15H13Cl2N3. The summed E-state index contributed by atoms with van der Waals surface area (Å²) in [7, 11) is 0. The molecule has 0 aliphatic carbocycles. The lowest BCUT2D eigenvalue weighted by atomic mass is 10.2. The van der Waals surface area contributed by atoms with Gasteiger partial charge in [0, 0.05) is 17.4 Å². The summed E-state index contributed by atoms with van der Waals surface area (Å²) in [6.07, 6.45) is 3.62. The molecule has 5 heteroatoms. The first kappa shape index (κ1) is 13.4. The maximum atomic E-state index is 6.25. The zero-order valence-corrected chi connectivity index (χ0v) is 12.4. The second-order valence-corrected chi connectivity index (χ2v) is 5.76. The second kappa shape index (κ2) is 5.43. The highest BCUT2D eigenvalue weighted by Gasteiger charge is 2.15. The number of aromatic nitrogens is 3. The fourth-order valence-corrected chi connectivity index (χ4v) is 2.60. The molecule has 0 aliphatic heterocycles. The molecule has 102 valence electrons. The zero-order chi connectivity index (χ0) is 14.1. The lowest BCUT2D eigenvalue weighted by Gasteiger charge is -2.10. The largest absolute Gasteiger partial charge is 0.322 e. The maximum absolute atomic E-state index is 6.25. The second-order valence-electron chi connectivity index (χ2n) is 4.67. The van der Waals surface area contributed by atoms with Gasteiger partial charge in [-0.05, 0) is 36.8 Å². The number of imidazole rings is 1. The summed E-state index contributed by atoms with van der Waals surface area (Å²) in [5.74, 6) is 0.841. The standard InChI is InChI=1S/C15H13Cl2N3/c1-10(16)15-19-13-7-12(17)4-5-14(13)20(15)9-11-3-2-6-18-8-11/h2-8,10H,9H2,1H3. The van der Waals surface area contributed by atoms with Crippen molar-refractivity contribution < 1.29 is 0 Å². The van der Waals surface area contributed by atoms with Crippen molar-refractivity contribution in [2.45, 2.75) is 18.8 Å². The van der Waals surface area contributed by atoms with Crippen LogP contribution in [0.4, 0.5) is 0 Å². The van der Waals surface area contributed by atoms with Crippen LogP contribution in [0, 0.1) is 0 Å². The number of nitrogens with zero attached hydrogens (tertiary/aromatic N) is 3. The molecule has 2 aromatic heterocycles. The van der Waals surface area contributed by atoms with Crippen molar-refractivity contribution >= 4 is 34.2 Å². The van der Waals surface area contributed by atoms with Gasteiger partial charge in [-0.2, -0.15) is 0 Å². The molecule has 0 saturated heterocycles. The highest BCUT2D eigenvalue weighted by molar-refractivity contribution is 6.31. The smallest absolute Gasteiger partial charge is 0.128 e. The number of fused-ring (bicyclic) bond motifs is 1. The van der Waals surface area contributed by atoms with E-state index in [1.807, 2.05) is 43.5 Å². The Labute approximate surface area is 127 Å². The van der Waals surface area contributed by atoms with Crippen LogP contribution in [0.1, 0.15) is 23.7 Å². The van der Waals surface area contributed by atoms with Crippen molar-refractivity contribution in [1.82, 2.24) is 14.5 Å². The molecule has 1 atom stereocenters. The fraction of sp³-hybridized carbons (Fsp3) is 0.200. The van der Waals surface area contributed by atoms with Gasteiger partial charge in [0.2, 0.25) is 0 Å². The van der Waals surface area contributed by atoms with Gasteiger partial charge in [0.15, 0.2) is 0 Å². The lowest BCUT2D eigenvalue weighted by molar-refractivity contribution is 0.740. The lowest BCUT2D eigenvalue weighted by Crippen LogP contribution is -2.05. The summed E-state index contributed by atoms with van der Waals surface area (Å²) in [5.41, 5.74) is 3.00. The first-order chi connectivity index (χ1) is 9.65. The minimum Gasteiger partial charge on any atom is -0.322 e. The Bertz CT molecular complexity index is 735. The normalized spacial score (nSPS) is 12.8.